The molecule has 1 aliphatic rings. The fraction of sp³-hybridized carbons (Fsp3) is 0.389. The topological polar surface area (TPSA) is 59.4 Å². The van der Waals surface area contributed by atoms with Crippen LogP contribution in [0.1, 0.15) is 36.1 Å². The summed E-state index contributed by atoms with van der Waals surface area (Å²) >= 11 is 5.52. The average Bonchev–Trinajstić information content (AvgIpc) is 3.09. The van der Waals surface area contributed by atoms with Crippen LogP contribution in [0.4, 0.5) is 0 Å². The second kappa shape index (κ2) is 7.23. The molecule has 0 aliphatic carbocycles. The van der Waals surface area contributed by atoms with E-state index in [4.69, 9.17) is 17.0 Å². The van der Waals surface area contributed by atoms with Gasteiger partial charge in [-0.3, -0.25) is 9.78 Å². The standard InChI is InChI=1S/C18H22N4O2S/c1-4-24-15(23)11-22-17(14-9-8-12(2)21(14)3)16(20-18(22)25)13-7-5-6-10-19-13/h5-10,16-17H,4,11H2,1-3H3,(H,20,25)/t16-,17-/m0/s1. The van der Waals surface area contributed by atoms with Crippen molar-refractivity contribution in [1.29, 1.82) is 0 Å². The average molecular weight is 358 g/mol. The van der Waals surface area contributed by atoms with Crippen molar-refractivity contribution in [3.8, 4) is 0 Å². The maximum Gasteiger partial charge on any atom is 0.325 e. The molecule has 2 aromatic heterocycles. The molecule has 1 N–H and O–H groups in total. The largest absolute Gasteiger partial charge is 0.465 e. The van der Waals surface area contributed by atoms with Crippen molar-refractivity contribution in [3.63, 3.8) is 0 Å². The molecule has 1 aliphatic heterocycles. The molecule has 2 aromatic rings. The molecular formula is C18H22N4O2S. The number of carbonyl (C=O) groups is 1. The number of thiocarbonyl (C=S) groups is 1. The van der Waals surface area contributed by atoms with Crippen molar-refractivity contribution in [3.05, 3.63) is 53.6 Å². The molecule has 1 saturated heterocycles. The molecule has 0 unspecified atom stereocenters. The Morgan fingerprint density at radius 3 is 2.76 bits per heavy atom. The maximum atomic E-state index is 12.1. The number of rotatable bonds is 5. The lowest BCUT2D eigenvalue weighted by Gasteiger charge is -2.27. The van der Waals surface area contributed by atoms with Crippen molar-refractivity contribution in [1.82, 2.24) is 19.8 Å². The van der Waals surface area contributed by atoms with Crippen LogP contribution in [0.2, 0.25) is 0 Å². The molecule has 3 rings (SSSR count). The molecule has 0 bridgehead atoms. The van der Waals surface area contributed by atoms with E-state index in [2.05, 4.69) is 33.9 Å². The number of nitrogens with zero attached hydrogens (tertiary/aromatic N) is 3. The van der Waals surface area contributed by atoms with Gasteiger partial charge >= 0.3 is 5.97 Å². The fourth-order valence-electron chi connectivity index (χ4n) is 3.17. The summed E-state index contributed by atoms with van der Waals surface area (Å²) < 4.78 is 7.24. The van der Waals surface area contributed by atoms with E-state index in [1.807, 2.05) is 30.1 Å². The number of pyridine rings is 1. The minimum absolute atomic E-state index is 0.109. The molecule has 3 heterocycles. The first-order valence-electron chi connectivity index (χ1n) is 8.28. The lowest BCUT2D eigenvalue weighted by atomic mass is 10.0. The highest BCUT2D eigenvalue weighted by Gasteiger charge is 2.42. The van der Waals surface area contributed by atoms with E-state index in [0.717, 1.165) is 17.1 Å². The summed E-state index contributed by atoms with van der Waals surface area (Å²) in [5.74, 6) is -0.288. The van der Waals surface area contributed by atoms with Crippen LogP contribution in [0.3, 0.4) is 0 Å². The summed E-state index contributed by atoms with van der Waals surface area (Å²) in [6.07, 6.45) is 1.77. The molecule has 7 heteroatoms. The summed E-state index contributed by atoms with van der Waals surface area (Å²) in [5.41, 5.74) is 3.11. The Labute approximate surface area is 152 Å². The van der Waals surface area contributed by atoms with E-state index in [9.17, 15) is 4.79 Å². The van der Waals surface area contributed by atoms with Crippen LogP contribution in [0.15, 0.2) is 36.5 Å². The number of aromatic nitrogens is 2. The SMILES string of the molecule is CCOC(=O)CN1C(=S)N[C@@H](c2ccccn2)[C@@H]1c1ccc(C)n1C. The van der Waals surface area contributed by atoms with Crippen molar-refractivity contribution >= 4 is 23.3 Å². The molecule has 25 heavy (non-hydrogen) atoms. The molecule has 0 radical (unpaired) electrons. The zero-order valence-electron chi connectivity index (χ0n) is 14.6. The number of esters is 1. The first-order valence-corrected chi connectivity index (χ1v) is 8.69. The highest BCUT2D eigenvalue weighted by atomic mass is 32.1. The zero-order valence-corrected chi connectivity index (χ0v) is 15.4. The maximum absolute atomic E-state index is 12.1. The van der Waals surface area contributed by atoms with Crippen LogP contribution in [-0.2, 0) is 16.6 Å². The van der Waals surface area contributed by atoms with Gasteiger partial charge in [0.25, 0.3) is 0 Å². The molecule has 0 amide bonds. The van der Waals surface area contributed by atoms with Crippen LogP contribution < -0.4 is 5.32 Å². The van der Waals surface area contributed by atoms with Gasteiger partial charge in [0.05, 0.1) is 24.4 Å². The number of nitrogens with one attached hydrogen (secondary N) is 1. The smallest absolute Gasteiger partial charge is 0.325 e. The molecule has 132 valence electrons. The van der Waals surface area contributed by atoms with Gasteiger partial charge in [0.2, 0.25) is 0 Å². The molecular weight excluding hydrogens is 336 g/mol. The first kappa shape index (κ1) is 17.4. The monoisotopic (exact) mass is 358 g/mol. The Kier molecular flexibility index (Phi) is 5.03. The fourth-order valence-corrected chi connectivity index (χ4v) is 3.48. The van der Waals surface area contributed by atoms with E-state index in [0.29, 0.717) is 11.7 Å². The van der Waals surface area contributed by atoms with E-state index in [-0.39, 0.29) is 24.6 Å². The van der Waals surface area contributed by atoms with Crippen molar-refractivity contribution in [2.24, 2.45) is 7.05 Å². The Bertz CT molecular complexity index is 775. The zero-order chi connectivity index (χ0) is 18.0. The summed E-state index contributed by atoms with van der Waals surface area (Å²) in [6, 6.07) is 9.68. The van der Waals surface area contributed by atoms with Gasteiger partial charge in [-0.25, -0.2) is 0 Å². The van der Waals surface area contributed by atoms with E-state index in [1.54, 1.807) is 13.1 Å². The van der Waals surface area contributed by atoms with E-state index in [1.165, 1.54) is 0 Å². The predicted octanol–water partition coefficient (Wildman–Crippen LogP) is 2.26. The molecule has 0 spiro atoms. The summed E-state index contributed by atoms with van der Waals surface area (Å²) in [7, 11) is 2.02. The minimum atomic E-state index is -0.288. The first-order chi connectivity index (χ1) is 12.0. The van der Waals surface area contributed by atoms with Crippen molar-refractivity contribution in [2.45, 2.75) is 25.9 Å². The van der Waals surface area contributed by atoms with Gasteiger partial charge in [0.1, 0.15) is 6.54 Å². The Hall–Kier alpha value is -2.41. The second-order valence-electron chi connectivity index (χ2n) is 6.02. The van der Waals surface area contributed by atoms with Crippen LogP contribution in [0.25, 0.3) is 0 Å². The van der Waals surface area contributed by atoms with Gasteiger partial charge < -0.3 is 19.5 Å². The third kappa shape index (κ3) is 3.37. The van der Waals surface area contributed by atoms with Gasteiger partial charge in [0.15, 0.2) is 5.11 Å². The van der Waals surface area contributed by atoms with E-state index < -0.39 is 0 Å². The molecule has 6 nitrogen and oxygen atoms in total. The Morgan fingerprint density at radius 2 is 2.16 bits per heavy atom. The van der Waals surface area contributed by atoms with E-state index >= 15 is 0 Å². The van der Waals surface area contributed by atoms with Crippen LogP contribution >= 0.6 is 12.2 Å². The van der Waals surface area contributed by atoms with Crippen LogP contribution in [-0.4, -0.2) is 38.7 Å². The van der Waals surface area contributed by atoms with Gasteiger partial charge in [-0.1, -0.05) is 6.07 Å². The molecule has 1 fully saturated rings. The summed E-state index contributed by atoms with van der Waals surface area (Å²) in [5, 5.41) is 3.86. The normalized spacial score (nSPS) is 19.8. The molecule has 0 saturated carbocycles. The number of hydrogen-bond acceptors (Lipinski definition) is 4. The third-order valence-electron chi connectivity index (χ3n) is 4.52. The number of hydrogen-bond donors (Lipinski definition) is 1. The molecule has 0 aromatic carbocycles. The predicted molar refractivity (Wildman–Crippen MR) is 98.9 cm³/mol. The van der Waals surface area contributed by atoms with Crippen LogP contribution in [0.5, 0.6) is 0 Å². The van der Waals surface area contributed by atoms with Crippen LogP contribution in [0, 0.1) is 6.92 Å². The van der Waals surface area contributed by atoms with Gasteiger partial charge in [-0.05, 0) is 50.3 Å². The summed E-state index contributed by atoms with van der Waals surface area (Å²) in [6.45, 7) is 4.31. The van der Waals surface area contributed by atoms with Gasteiger partial charge in [-0.2, -0.15) is 0 Å². The third-order valence-corrected chi connectivity index (χ3v) is 4.87. The minimum Gasteiger partial charge on any atom is -0.465 e. The van der Waals surface area contributed by atoms with Crippen molar-refractivity contribution in [2.75, 3.05) is 13.2 Å². The number of carbonyl (C=O) groups excluding carboxylic acids is 1. The molecule has 2 atom stereocenters. The van der Waals surface area contributed by atoms with Crippen molar-refractivity contribution < 1.29 is 9.53 Å². The Morgan fingerprint density at radius 1 is 1.36 bits per heavy atom. The van der Waals surface area contributed by atoms with Gasteiger partial charge in [0, 0.05) is 24.6 Å². The summed E-state index contributed by atoms with van der Waals surface area (Å²) in [4.78, 5) is 18.5. The lowest BCUT2D eigenvalue weighted by molar-refractivity contribution is -0.143. The second-order valence-corrected chi connectivity index (χ2v) is 6.40. The highest BCUT2D eigenvalue weighted by Crippen LogP contribution is 2.38. The quantitative estimate of drug-likeness (QED) is 0.654. The lowest BCUT2D eigenvalue weighted by Crippen LogP contribution is -2.36. The number of aryl methyl sites for hydroxylation is 1. The van der Waals surface area contributed by atoms with Gasteiger partial charge in [-0.15, -0.1) is 0 Å². The highest BCUT2D eigenvalue weighted by molar-refractivity contribution is 7.80. The number of ether oxygens (including phenoxy) is 1. The Balaban J connectivity index is 2.00.